The Morgan fingerprint density at radius 1 is 1.62 bits per heavy atom. The molecular formula is C11H18N2O3. The van der Waals surface area contributed by atoms with Crippen molar-refractivity contribution >= 4 is 11.8 Å². The van der Waals surface area contributed by atoms with Crippen LogP contribution in [0.25, 0.3) is 0 Å². The zero-order chi connectivity index (χ0) is 12.0. The van der Waals surface area contributed by atoms with E-state index in [0.29, 0.717) is 25.9 Å². The van der Waals surface area contributed by atoms with E-state index in [1.165, 1.54) is 0 Å². The number of carbonyl (C=O) groups excluding carboxylic acids is 2. The summed E-state index contributed by atoms with van der Waals surface area (Å²) in [6.45, 7) is 4.16. The van der Waals surface area contributed by atoms with E-state index in [1.54, 1.807) is 6.08 Å². The first-order chi connectivity index (χ1) is 7.65. The van der Waals surface area contributed by atoms with E-state index in [1.807, 2.05) is 0 Å². The first-order valence-corrected chi connectivity index (χ1v) is 5.47. The van der Waals surface area contributed by atoms with Crippen molar-refractivity contribution in [1.82, 2.24) is 5.32 Å². The molecule has 2 amide bonds. The van der Waals surface area contributed by atoms with Gasteiger partial charge in [-0.25, -0.2) is 0 Å². The maximum Gasteiger partial charge on any atom is 0.249 e. The Morgan fingerprint density at radius 2 is 2.38 bits per heavy atom. The number of hydrogen-bond donors (Lipinski definition) is 2. The predicted molar refractivity (Wildman–Crippen MR) is 59.5 cm³/mol. The van der Waals surface area contributed by atoms with Crippen molar-refractivity contribution in [2.75, 3.05) is 6.61 Å². The number of carbonyl (C=O) groups is 2. The highest BCUT2D eigenvalue weighted by Gasteiger charge is 2.26. The Labute approximate surface area is 95.0 Å². The monoisotopic (exact) mass is 226 g/mol. The predicted octanol–water partition coefficient (Wildman–Crippen LogP) is 0.102. The Morgan fingerprint density at radius 3 is 2.88 bits per heavy atom. The van der Waals surface area contributed by atoms with E-state index < -0.39 is 18.1 Å². The molecule has 0 radical (unpaired) electrons. The number of primary amides is 1. The van der Waals surface area contributed by atoms with Crippen molar-refractivity contribution in [1.29, 1.82) is 0 Å². The van der Waals surface area contributed by atoms with E-state index in [9.17, 15) is 9.59 Å². The molecule has 0 unspecified atom stereocenters. The van der Waals surface area contributed by atoms with Crippen LogP contribution in [-0.4, -0.2) is 30.6 Å². The van der Waals surface area contributed by atoms with Crippen LogP contribution in [0.1, 0.15) is 25.7 Å². The number of hydrogen-bond acceptors (Lipinski definition) is 3. The van der Waals surface area contributed by atoms with Crippen LogP contribution in [0.5, 0.6) is 0 Å². The van der Waals surface area contributed by atoms with Gasteiger partial charge in [-0.05, 0) is 25.7 Å². The van der Waals surface area contributed by atoms with Gasteiger partial charge in [0.25, 0.3) is 0 Å². The number of amides is 2. The third kappa shape index (κ3) is 3.66. The smallest absolute Gasteiger partial charge is 0.249 e. The van der Waals surface area contributed by atoms with Crippen LogP contribution in [0.3, 0.4) is 0 Å². The van der Waals surface area contributed by atoms with Gasteiger partial charge < -0.3 is 15.8 Å². The fourth-order valence-corrected chi connectivity index (χ4v) is 1.62. The minimum Gasteiger partial charge on any atom is -0.368 e. The maximum absolute atomic E-state index is 11.7. The lowest BCUT2D eigenvalue weighted by Crippen LogP contribution is -2.47. The van der Waals surface area contributed by atoms with Gasteiger partial charge in [-0.3, -0.25) is 9.59 Å². The molecule has 1 aliphatic rings. The van der Waals surface area contributed by atoms with Gasteiger partial charge in [-0.1, -0.05) is 6.08 Å². The van der Waals surface area contributed by atoms with Crippen LogP contribution < -0.4 is 11.1 Å². The number of ether oxygens (including phenoxy) is 1. The molecule has 3 N–H and O–H groups in total. The molecule has 1 aliphatic heterocycles. The SMILES string of the molecule is C=CCC[C@@H](NC(=O)[C@@H]1CCCO1)C(N)=O. The number of nitrogens with one attached hydrogen (secondary N) is 1. The highest BCUT2D eigenvalue weighted by atomic mass is 16.5. The van der Waals surface area contributed by atoms with Crippen molar-refractivity contribution in [2.45, 2.75) is 37.8 Å². The molecule has 1 fully saturated rings. The summed E-state index contributed by atoms with van der Waals surface area (Å²) in [7, 11) is 0. The Hall–Kier alpha value is -1.36. The molecular weight excluding hydrogens is 208 g/mol. The van der Waals surface area contributed by atoms with E-state index in [0.717, 1.165) is 6.42 Å². The second-order valence-corrected chi connectivity index (χ2v) is 3.83. The van der Waals surface area contributed by atoms with Gasteiger partial charge in [0.2, 0.25) is 11.8 Å². The van der Waals surface area contributed by atoms with Gasteiger partial charge in [0.1, 0.15) is 12.1 Å². The van der Waals surface area contributed by atoms with Gasteiger partial charge in [0, 0.05) is 6.61 Å². The lowest BCUT2D eigenvalue weighted by Gasteiger charge is -2.17. The van der Waals surface area contributed by atoms with Crippen molar-refractivity contribution < 1.29 is 14.3 Å². The molecule has 0 aromatic carbocycles. The number of rotatable bonds is 6. The molecule has 0 aromatic rings. The summed E-state index contributed by atoms with van der Waals surface area (Å²) in [5.74, 6) is -0.765. The fraction of sp³-hybridized carbons (Fsp3) is 0.636. The number of nitrogens with two attached hydrogens (primary N) is 1. The quantitative estimate of drug-likeness (QED) is 0.630. The summed E-state index contributed by atoms with van der Waals surface area (Å²) in [4.78, 5) is 22.7. The third-order valence-electron chi connectivity index (χ3n) is 2.54. The molecule has 0 spiro atoms. The average molecular weight is 226 g/mol. The summed E-state index contributed by atoms with van der Waals surface area (Å²) in [5.41, 5.74) is 5.20. The zero-order valence-electron chi connectivity index (χ0n) is 9.28. The van der Waals surface area contributed by atoms with Gasteiger partial charge in [-0.2, -0.15) is 0 Å². The van der Waals surface area contributed by atoms with Crippen molar-refractivity contribution in [3.63, 3.8) is 0 Å². The van der Waals surface area contributed by atoms with Crippen molar-refractivity contribution in [3.05, 3.63) is 12.7 Å². The average Bonchev–Trinajstić information content (AvgIpc) is 2.76. The second kappa shape index (κ2) is 6.27. The van der Waals surface area contributed by atoms with Crippen LogP contribution in [0, 0.1) is 0 Å². The van der Waals surface area contributed by atoms with Gasteiger partial charge in [0.15, 0.2) is 0 Å². The molecule has 0 bridgehead atoms. The molecule has 1 rings (SSSR count). The molecule has 2 atom stereocenters. The minimum absolute atomic E-state index is 0.245. The third-order valence-corrected chi connectivity index (χ3v) is 2.54. The van der Waals surface area contributed by atoms with Crippen molar-refractivity contribution in [2.24, 2.45) is 5.73 Å². The first kappa shape index (κ1) is 12.7. The molecule has 0 aromatic heterocycles. The Kier molecular flexibility index (Phi) is 4.98. The Bertz CT molecular complexity index is 272. The molecule has 90 valence electrons. The summed E-state index contributed by atoms with van der Waals surface area (Å²) in [6, 6.07) is -0.630. The number of allylic oxidation sites excluding steroid dienone is 1. The summed E-state index contributed by atoms with van der Waals surface area (Å²) < 4.78 is 5.22. The summed E-state index contributed by atoms with van der Waals surface area (Å²) in [5, 5.41) is 2.61. The largest absolute Gasteiger partial charge is 0.368 e. The summed E-state index contributed by atoms with van der Waals surface area (Å²) >= 11 is 0. The van der Waals surface area contributed by atoms with Crippen LogP contribution in [0.4, 0.5) is 0 Å². The zero-order valence-corrected chi connectivity index (χ0v) is 9.28. The molecule has 5 nitrogen and oxygen atoms in total. The molecule has 16 heavy (non-hydrogen) atoms. The van der Waals surface area contributed by atoms with E-state index in [2.05, 4.69) is 11.9 Å². The highest BCUT2D eigenvalue weighted by molar-refractivity contribution is 5.88. The molecule has 1 saturated heterocycles. The van der Waals surface area contributed by atoms with Crippen LogP contribution in [0.2, 0.25) is 0 Å². The second-order valence-electron chi connectivity index (χ2n) is 3.83. The molecule has 1 heterocycles. The lowest BCUT2D eigenvalue weighted by atomic mass is 10.1. The van der Waals surface area contributed by atoms with Crippen molar-refractivity contribution in [3.8, 4) is 0 Å². The van der Waals surface area contributed by atoms with E-state index in [4.69, 9.17) is 10.5 Å². The normalized spacial score (nSPS) is 21.4. The van der Waals surface area contributed by atoms with Crippen LogP contribution in [-0.2, 0) is 14.3 Å². The van der Waals surface area contributed by atoms with Gasteiger partial charge >= 0.3 is 0 Å². The minimum atomic E-state index is -0.630. The topological polar surface area (TPSA) is 81.4 Å². The fourth-order valence-electron chi connectivity index (χ4n) is 1.62. The van der Waals surface area contributed by atoms with Gasteiger partial charge in [-0.15, -0.1) is 6.58 Å². The lowest BCUT2D eigenvalue weighted by molar-refractivity contribution is -0.133. The first-order valence-electron chi connectivity index (χ1n) is 5.47. The summed E-state index contributed by atoms with van der Waals surface area (Å²) in [6.07, 6.45) is 3.97. The maximum atomic E-state index is 11.7. The van der Waals surface area contributed by atoms with Gasteiger partial charge in [0.05, 0.1) is 0 Å². The molecule has 5 heteroatoms. The van der Waals surface area contributed by atoms with E-state index >= 15 is 0 Å². The standard InChI is InChI=1S/C11H18N2O3/c1-2-3-5-8(10(12)14)13-11(15)9-6-4-7-16-9/h2,8-9H,1,3-7H2,(H2,12,14)(H,13,15)/t8-,9+/m1/s1. The molecule has 0 saturated carbocycles. The van der Waals surface area contributed by atoms with E-state index in [-0.39, 0.29) is 5.91 Å². The Balaban J connectivity index is 2.43. The van der Waals surface area contributed by atoms with Crippen LogP contribution >= 0.6 is 0 Å². The highest BCUT2D eigenvalue weighted by Crippen LogP contribution is 2.12. The van der Waals surface area contributed by atoms with Crippen LogP contribution in [0.15, 0.2) is 12.7 Å². The molecule has 0 aliphatic carbocycles.